The van der Waals surface area contributed by atoms with Crippen molar-refractivity contribution in [2.24, 2.45) is 0 Å². The van der Waals surface area contributed by atoms with Gasteiger partial charge in [-0.2, -0.15) is 9.50 Å². The number of halogens is 1. The molecule has 1 aromatic carbocycles. The predicted molar refractivity (Wildman–Crippen MR) is 97.3 cm³/mol. The highest BCUT2D eigenvalue weighted by molar-refractivity contribution is 9.10. The minimum atomic E-state index is -3.91. The summed E-state index contributed by atoms with van der Waals surface area (Å²) in [5.41, 5.74) is -0.384. The first-order chi connectivity index (χ1) is 11.8. The van der Waals surface area contributed by atoms with Gasteiger partial charge >= 0.3 is 0 Å². The Bertz CT molecular complexity index is 1090. The summed E-state index contributed by atoms with van der Waals surface area (Å²) in [5.74, 6) is 0.844. The lowest BCUT2D eigenvalue weighted by Crippen LogP contribution is -2.25. The van der Waals surface area contributed by atoms with Crippen LogP contribution in [0.3, 0.4) is 0 Å². The highest BCUT2D eigenvalue weighted by atomic mass is 79.9. The molecule has 0 amide bonds. The Morgan fingerprint density at radius 2 is 1.92 bits per heavy atom. The molecule has 132 valence electrons. The number of nitrogens with zero attached hydrogens (tertiary/aromatic N) is 3. The van der Waals surface area contributed by atoms with Crippen molar-refractivity contribution in [3.8, 4) is 0 Å². The summed E-state index contributed by atoms with van der Waals surface area (Å²) < 4.78 is 29.3. The van der Waals surface area contributed by atoms with E-state index in [1.54, 1.807) is 19.1 Å². The summed E-state index contributed by atoms with van der Waals surface area (Å²) in [7, 11) is -3.91. The van der Waals surface area contributed by atoms with Crippen LogP contribution in [0.15, 0.2) is 38.4 Å². The molecular weight excluding hydrogens is 410 g/mol. The number of aromatic nitrogens is 4. The standard InChI is InChI=1S/C15H16BrN5O3S/c1-3-4-12-18-15-17-9(2)13(14(22)21(15)19-12)20-25(23,24)11-7-5-10(16)6-8-11/h5-8,20H,3-4H2,1-2H3,(H,17,18,19). The molecule has 0 atom stereocenters. The normalized spacial score (nSPS) is 11.8. The molecule has 0 aliphatic rings. The number of rotatable bonds is 5. The second-order valence-electron chi connectivity index (χ2n) is 5.49. The van der Waals surface area contributed by atoms with Gasteiger partial charge in [0.25, 0.3) is 21.4 Å². The van der Waals surface area contributed by atoms with Gasteiger partial charge in [-0.3, -0.25) is 14.6 Å². The third kappa shape index (κ3) is 3.45. The topological polar surface area (TPSA) is 109 Å². The van der Waals surface area contributed by atoms with E-state index >= 15 is 0 Å². The first-order valence-electron chi connectivity index (χ1n) is 7.58. The van der Waals surface area contributed by atoms with Crippen molar-refractivity contribution < 1.29 is 8.42 Å². The van der Waals surface area contributed by atoms with Crippen LogP contribution in [0.25, 0.3) is 5.78 Å². The second-order valence-corrected chi connectivity index (χ2v) is 8.09. The smallest absolute Gasteiger partial charge is 0.275 e. The summed E-state index contributed by atoms with van der Waals surface area (Å²) >= 11 is 3.25. The molecule has 10 heteroatoms. The van der Waals surface area contributed by atoms with Crippen molar-refractivity contribution in [3.05, 3.63) is 50.6 Å². The van der Waals surface area contributed by atoms with Gasteiger partial charge in [-0.05, 0) is 37.6 Å². The molecule has 3 aromatic rings. The number of anilines is 1. The van der Waals surface area contributed by atoms with E-state index in [2.05, 4.69) is 35.7 Å². The van der Waals surface area contributed by atoms with Crippen molar-refractivity contribution in [1.29, 1.82) is 0 Å². The van der Waals surface area contributed by atoms with Gasteiger partial charge in [-0.1, -0.05) is 22.9 Å². The van der Waals surface area contributed by atoms with Crippen molar-refractivity contribution in [1.82, 2.24) is 19.6 Å². The molecule has 0 fully saturated rings. The van der Waals surface area contributed by atoms with Crippen LogP contribution in [0.5, 0.6) is 0 Å². The first-order valence-corrected chi connectivity index (χ1v) is 9.86. The average molecular weight is 426 g/mol. The Labute approximate surface area is 152 Å². The molecule has 3 rings (SSSR count). The van der Waals surface area contributed by atoms with E-state index in [0.717, 1.165) is 15.4 Å². The van der Waals surface area contributed by atoms with Crippen LogP contribution < -0.4 is 10.3 Å². The van der Waals surface area contributed by atoms with Crippen molar-refractivity contribution in [2.45, 2.75) is 31.6 Å². The maximum absolute atomic E-state index is 12.6. The number of nitrogens with one attached hydrogen (secondary N) is 2. The fourth-order valence-corrected chi connectivity index (χ4v) is 3.72. The number of H-pyrrole nitrogens is 1. The van der Waals surface area contributed by atoms with E-state index in [1.165, 1.54) is 12.1 Å². The molecule has 2 heterocycles. The molecule has 0 radical (unpaired) electrons. The Morgan fingerprint density at radius 3 is 2.56 bits per heavy atom. The van der Waals surface area contributed by atoms with Crippen LogP contribution in [0.4, 0.5) is 5.69 Å². The number of aryl methyl sites for hydroxylation is 2. The fourth-order valence-electron chi connectivity index (χ4n) is 2.34. The molecule has 25 heavy (non-hydrogen) atoms. The molecule has 0 saturated carbocycles. The molecule has 0 bridgehead atoms. The maximum Gasteiger partial charge on any atom is 0.298 e. The summed E-state index contributed by atoms with van der Waals surface area (Å²) in [4.78, 5) is 21.2. The van der Waals surface area contributed by atoms with Gasteiger partial charge in [-0.25, -0.2) is 13.4 Å². The Hall–Kier alpha value is -2.20. The number of sulfonamides is 1. The average Bonchev–Trinajstić information content (AvgIpc) is 2.95. The number of aromatic amines is 1. The summed E-state index contributed by atoms with van der Waals surface area (Å²) in [6, 6.07) is 6.12. The largest absolute Gasteiger partial charge is 0.298 e. The predicted octanol–water partition coefficient (Wildman–Crippen LogP) is 2.24. The third-order valence-electron chi connectivity index (χ3n) is 3.57. The molecule has 2 N–H and O–H groups in total. The third-order valence-corrected chi connectivity index (χ3v) is 5.46. The van der Waals surface area contributed by atoms with Crippen LogP contribution in [0.1, 0.15) is 24.9 Å². The zero-order valence-electron chi connectivity index (χ0n) is 13.6. The molecule has 0 aliphatic heterocycles. The molecule has 0 unspecified atom stereocenters. The monoisotopic (exact) mass is 425 g/mol. The minimum absolute atomic E-state index is 0.0517. The lowest BCUT2D eigenvalue weighted by Gasteiger charge is -2.09. The number of benzene rings is 1. The highest BCUT2D eigenvalue weighted by Crippen LogP contribution is 2.18. The summed E-state index contributed by atoms with van der Waals surface area (Å²) in [5, 5.41) is 2.85. The van der Waals surface area contributed by atoms with E-state index in [0.29, 0.717) is 12.2 Å². The molecule has 0 spiro atoms. The van der Waals surface area contributed by atoms with Gasteiger partial charge in [0.2, 0.25) is 0 Å². The molecule has 0 saturated heterocycles. The van der Waals surface area contributed by atoms with E-state index in [1.807, 2.05) is 6.92 Å². The van der Waals surface area contributed by atoms with Crippen LogP contribution in [0, 0.1) is 6.92 Å². The lowest BCUT2D eigenvalue weighted by molar-refractivity contribution is 0.601. The van der Waals surface area contributed by atoms with Crippen LogP contribution >= 0.6 is 15.9 Å². The van der Waals surface area contributed by atoms with Gasteiger partial charge < -0.3 is 0 Å². The van der Waals surface area contributed by atoms with E-state index in [-0.39, 0.29) is 22.1 Å². The molecule has 2 aromatic heterocycles. The van der Waals surface area contributed by atoms with Gasteiger partial charge in [0, 0.05) is 10.9 Å². The van der Waals surface area contributed by atoms with E-state index < -0.39 is 15.6 Å². The second kappa shape index (κ2) is 6.60. The summed E-state index contributed by atoms with van der Waals surface area (Å²) in [6.45, 7) is 3.56. The fraction of sp³-hybridized carbons (Fsp3) is 0.267. The van der Waals surface area contributed by atoms with Crippen molar-refractivity contribution >= 4 is 37.4 Å². The maximum atomic E-state index is 12.6. The Kier molecular flexibility index (Phi) is 4.65. The SMILES string of the molecule is CCCc1nc2nc(C)c(NS(=O)(=O)c3ccc(Br)cc3)c(=O)n2[nH]1. The van der Waals surface area contributed by atoms with E-state index in [4.69, 9.17) is 0 Å². The van der Waals surface area contributed by atoms with Gasteiger partial charge in [0.05, 0.1) is 10.6 Å². The molecular formula is C15H16BrN5O3S. The number of hydrogen-bond donors (Lipinski definition) is 2. The first kappa shape index (κ1) is 17.6. The Morgan fingerprint density at radius 1 is 1.24 bits per heavy atom. The zero-order valence-corrected chi connectivity index (χ0v) is 16.0. The highest BCUT2D eigenvalue weighted by Gasteiger charge is 2.20. The van der Waals surface area contributed by atoms with Crippen LogP contribution in [0.2, 0.25) is 0 Å². The minimum Gasteiger partial charge on any atom is -0.275 e. The van der Waals surface area contributed by atoms with Gasteiger partial charge in [0.1, 0.15) is 11.5 Å². The van der Waals surface area contributed by atoms with E-state index in [9.17, 15) is 13.2 Å². The van der Waals surface area contributed by atoms with Crippen LogP contribution in [-0.2, 0) is 16.4 Å². The zero-order chi connectivity index (χ0) is 18.2. The number of hydrogen-bond acceptors (Lipinski definition) is 5. The molecule has 8 nitrogen and oxygen atoms in total. The number of fused-ring (bicyclic) bond motifs is 1. The van der Waals surface area contributed by atoms with Gasteiger partial charge in [0.15, 0.2) is 0 Å². The quantitative estimate of drug-likeness (QED) is 0.651. The van der Waals surface area contributed by atoms with Gasteiger partial charge in [-0.15, -0.1) is 0 Å². The lowest BCUT2D eigenvalue weighted by atomic mass is 10.3. The van der Waals surface area contributed by atoms with Crippen molar-refractivity contribution in [2.75, 3.05) is 4.72 Å². The summed E-state index contributed by atoms with van der Waals surface area (Å²) in [6.07, 6.45) is 1.53. The molecule has 0 aliphatic carbocycles. The van der Waals surface area contributed by atoms with Crippen LogP contribution in [-0.4, -0.2) is 28.0 Å². The Balaban J connectivity index is 2.06. The van der Waals surface area contributed by atoms with Crippen molar-refractivity contribution in [3.63, 3.8) is 0 Å².